The molecule has 0 saturated heterocycles. The van der Waals surface area contributed by atoms with Crippen molar-refractivity contribution < 1.29 is 0 Å². The Labute approximate surface area is 55.3 Å². The quantitative estimate of drug-likeness (QED) is 0.556. The summed E-state index contributed by atoms with van der Waals surface area (Å²) in [6.45, 7) is 0. The van der Waals surface area contributed by atoms with E-state index >= 15 is 0 Å². The Hall–Kier alpha value is -1.04. The summed E-state index contributed by atoms with van der Waals surface area (Å²) in [5.41, 5.74) is 0. The minimum absolute atomic E-state index is 0.245. The lowest BCUT2D eigenvalue weighted by Gasteiger charge is -1.86. The SMILES string of the molecule is N#CCC1=NC=C[SH]1#N. The van der Waals surface area contributed by atoms with E-state index in [1.54, 1.807) is 11.6 Å². The zero-order valence-electron chi connectivity index (χ0n) is 4.65. The number of aliphatic imine (C=N–C) groups is 1. The van der Waals surface area contributed by atoms with Gasteiger partial charge in [-0.3, -0.25) is 4.99 Å². The van der Waals surface area contributed by atoms with E-state index < -0.39 is 10.5 Å². The second kappa shape index (κ2) is 2.49. The van der Waals surface area contributed by atoms with Crippen molar-refractivity contribution in [1.29, 1.82) is 9.87 Å². The van der Waals surface area contributed by atoms with Crippen LogP contribution < -0.4 is 0 Å². The molecule has 4 heteroatoms. The summed E-state index contributed by atoms with van der Waals surface area (Å²) in [5, 5.41) is 10.4. The third kappa shape index (κ3) is 1.20. The highest BCUT2D eigenvalue weighted by atomic mass is 32.2. The summed E-state index contributed by atoms with van der Waals surface area (Å²) < 4.78 is 9.02. The van der Waals surface area contributed by atoms with Gasteiger partial charge in [-0.1, -0.05) is 0 Å². The molecule has 1 unspecified atom stereocenters. The Kier molecular flexibility index (Phi) is 1.69. The number of hydrogen-bond acceptors (Lipinski definition) is 3. The average Bonchev–Trinajstić information content (AvgIpc) is 2.18. The van der Waals surface area contributed by atoms with Crippen molar-refractivity contribution in [1.82, 2.24) is 0 Å². The lowest BCUT2D eigenvalue weighted by atomic mass is 10.5. The Bertz CT molecular complexity index is 273. The molecule has 46 valence electrons. The lowest BCUT2D eigenvalue weighted by molar-refractivity contribution is 1.41. The largest absolute Gasteiger partial charge is 0.251 e. The van der Waals surface area contributed by atoms with Crippen molar-refractivity contribution in [3.63, 3.8) is 0 Å². The summed E-state index contributed by atoms with van der Waals surface area (Å²) in [6.07, 6.45) is 1.79. The highest BCUT2D eigenvalue weighted by Crippen LogP contribution is 2.20. The molecule has 0 aliphatic carbocycles. The number of rotatable bonds is 1. The molecule has 3 nitrogen and oxygen atoms in total. The molecule has 1 aliphatic rings. The molecule has 1 aliphatic heterocycles. The van der Waals surface area contributed by atoms with Gasteiger partial charge >= 0.3 is 0 Å². The average molecular weight is 139 g/mol. The number of hydrogen-bond donors (Lipinski definition) is 1. The maximum Gasteiger partial charge on any atom is 0.102 e. The maximum absolute atomic E-state index is 9.02. The highest BCUT2D eigenvalue weighted by molar-refractivity contribution is 8.21. The normalized spacial score (nSPS) is 23.3. The molecule has 0 N–H and O–H groups in total. The monoisotopic (exact) mass is 139 g/mol. The van der Waals surface area contributed by atoms with Crippen molar-refractivity contribution in [3.8, 4) is 6.07 Å². The molecule has 9 heavy (non-hydrogen) atoms. The van der Waals surface area contributed by atoms with Crippen molar-refractivity contribution in [2.24, 2.45) is 4.99 Å². The van der Waals surface area contributed by atoms with Crippen LogP contribution in [0.1, 0.15) is 6.42 Å². The van der Waals surface area contributed by atoms with Gasteiger partial charge < -0.3 is 0 Å². The fraction of sp³-hybridized carbons (Fsp3) is 0.200. The molecule has 0 aromatic heterocycles. The van der Waals surface area contributed by atoms with Crippen LogP contribution in [0.2, 0.25) is 0 Å². The van der Waals surface area contributed by atoms with Gasteiger partial charge in [-0.25, -0.2) is 4.61 Å². The minimum atomic E-state index is -1.19. The van der Waals surface area contributed by atoms with Gasteiger partial charge in [0.2, 0.25) is 0 Å². The summed E-state index contributed by atoms with van der Waals surface area (Å²) in [5.74, 6) is 0. The second-order valence-electron chi connectivity index (χ2n) is 1.52. The topological polar surface area (TPSA) is 59.9 Å². The molecule has 1 heterocycles. The second-order valence-corrected chi connectivity index (χ2v) is 3.03. The molecule has 1 atom stereocenters. The van der Waals surface area contributed by atoms with Gasteiger partial charge in [-0.05, 0) is 10.5 Å². The molecule has 1 rings (SSSR count). The summed E-state index contributed by atoms with van der Waals surface area (Å²) in [6, 6.07) is 1.93. The Morgan fingerprint density at radius 3 is 3.00 bits per heavy atom. The Morgan fingerprint density at radius 2 is 2.56 bits per heavy atom. The fourth-order valence-electron chi connectivity index (χ4n) is 0.525. The van der Waals surface area contributed by atoms with Crippen molar-refractivity contribution in [2.75, 3.05) is 0 Å². The molecule has 0 radical (unpaired) electrons. The van der Waals surface area contributed by atoms with Crippen molar-refractivity contribution in [3.05, 3.63) is 11.6 Å². The van der Waals surface area contributed by atoms with Crippen LogP contribution >= 0.6 is 10.5 Å². The van der Waals surface area contributed by atoms with E-state index in [1.807, 2.05) is 6.07 Å². The van der Waals surface area contributed by atoms with E-state index in [0.717, 1.165) is 0 Å². The van der Waals surface area contributed by atoms with Crippen LogP contribution in [0.3, 0.4) is 0 Å². The van der Waals surface area contributed by atoms with Crippen LogP contribution in [-0.2, 0) is 0 Å². The smallest absolute Gasteiger partial charge is 0.102 e. The van der Waals surface area contributed by atoms with Gasteiger partial charge in [0, 0.05) is 11.6 Å². The van der Waals surface area contributed by atoms with Gasteiger partial charge in [0.15, 0.2) is 0 Å². The number of nitriles is 1. The Morgan fingerprint density at radius 1 is 1.78 bits per heavy atom. The summed E-state index contributed by atoms with van der Waals surface area (Å²) >= 11 is 0. The zero-order valence-corrected chi connectivity index (χ0v) is 5.55. The van der Waals surface area contributed by atoms with Gasteiger partial charge in [-0.2, -0.15) is 5.26 Å². The van der Waals surface area contributed by atoms with Gasteiger partial charge in [0.05, 0.1) is 12.5 Å². The van der Waals surface area contributed by atoms with E-state index in [0.29, 0.717) is 5.04 Å². The standard InChI is InChI=1S/C5H5N3S/c6-2-1-5-8-3-4-9(5)7/h3-4,9H,1H2. The minimum Gasteiger partial charge on any atom is -0.251 e. The molecular formula is C5H5N3S. The van der Waals surface area contributed by atoms with Crippen LogP contribution in [0, 0.1) is 15.9 Å². The molecule has 0 aromatic rings. The predicted molar refractivity (Wildman–Crippen MR) is 37.5 cm³/mol. The zero-order chi connectivity index (χ0) is 6.69. The first-order valence-corrected chi connectivity index (χ1v) is 3.79. The maximum atomic E-state index is 9.02. The van der Waals surface area contributed by atoms with Gasteiger partial charge in [-0.15, -0.1) is 0 Å². The third-order valence-electron chi connectivity index (χ3n) is 0.933. The van der Waals surface area contributed by atoms with Crippen LogP contribution in [0.15, 0.2) is 16.6 Å². The first-order valence-electron chi connectivity index (χ1n) is 2.43. The van der Waals surface area contributed by atoms with Crippen LogP contribution in [-0.4, -0.2) is 5.04 Å². The number of nitrogens with zero attached hydrogens (tertiary/aromatic N) is 3. The fourth-order valence-corrected chi connectivity index (χ4v) is 1.31. The first-order chi connectivity index (χ1) is 4.34. The summed E-state index contributed by atoms with van der Waals surface area (Å²) in [4.78, 5) is 3.80. The molecule has 0 saturated carbocycles. The van der Waals surface area contributed by atoms with Crippen LogP contribution in [0.25, 0.3) is 0 Å². The van der Waals surface area contributed by atoms with Gasteiger partial charge in [0.1, 0.15) is 5.04 Å². The van der Waals surface area contributed by atoms with E-state index in [9.17, 15) is 0 Å². The molecule has 0 amide bonds. The van der Waals surface area contributed by atoms with Crippen LogP contribution in [0.4, 0.5) is 0 Å². The molecular weight excluding hydrogens is 134 g/mol. The molecule has 0 aromatic carbocycles. The van der Waals surface area contributed by atoms with E-state index in [2.05, 4.69) is 4.99 Å². The lowest BCUT2D eigenvalue weighted by Crippen LogP contribution is -1.83. The van der Waals surface area contributed by atoms with E-state index in [4.69, 9.17) is 9.87 Å². The van der Waals surface area contributed by atoms with Crippen LogP contribution in [0.5, 0.6) is 0 Å². The van der Waals surface area contributed by atoms with Crippen molar-refractivity contribution in [2.45, 2.75) is 6.42 Å². The number of thiol groups is 1. The van der Waals surface area contributed by atoms with Crippen molar-refractivity contribution >= 4 is 15.6 Å². The summed E-state index contributed by atoms with van der Waals surface area (Å²) in [7, 11) is -1.19. The van der Waals surface area contributed by atoms with E-state index in [1.165, 1.54) is 0 Å². The van der Waals surface area contributed by atoms with E-state index in [-0.39, 0.29) is 6.42 Å². The highest BCUT2D eigenvalue weighted by Gasteiger charge is 2.03. The molecule has 0 spiro atoms. The molecule has 0 bridgehead atoms. The Balaban J connectivity index is 2.71. The first kappa shape index (κ1) is 6.09. The molecule has 0 fully saturated rings. The van der Waals surface area contributed by atoms with Gasteiger partial charge in [0.25, 0.3) is 0 Å². The predicted octanol–water partition coefficient (Wildman–Crippen LogP) is 1.26. The third-order valence-corrected chi connectivity index (χ3v) is 2.15.